The molecule has 1 N–H and O–H groups in total. The number of urea groups is 1. The summed E-state index contributed by atoms with van der Waals surface area (Å²) in [6, 6.07) is 11.3. The molecule has 1 fully saturated rings. The molecule has 158 valence electrons. The highest BCUT2D eigenvalue weighted by molar-refractivity contribution is 6.07. The van der Waals surface area contributed by atoms with Crippen molar-refractivity contribution in [3.8, 4) is 5.75 Å². The highest BCUT2D eigenvalue weighted by Crippen LogP contribution is 2.33. The third kappa shape index (κ3) is 3.86. The second kappa shape index (κ2) is 7.34. The number of fused-ring (bicyclic) bond motifs is 1. The van der Waals surface area contributed by atoms with E-state index < -0.39 is 24.4 Å². The van der Waals surface area contributed by atoms with Gasteiger partial charge in [0.05, 0.1) is 6.54 Å². The fourth-order valence-corrected chi connectivity index (χ4v) is 3.96. The first-order valence-electron chi connectivity index (χ1n) is 9.71. The first-order valence-corrected chi connectivity index (χ1v) is 9.71. The minimum absolute atomic E-state index is 0.0186. The molecule has 1 aliphatic heterocycles. The third-order valence-electron chi connectivity index (χ3n) is 5.62. The molecule has 1 heterocycles. The maximum atomic E-state index is 13.1. The minimum Gasteiger partial charge on any atom is -0.484 e. The number of nitrogens with one attached hydrogen (secondary N) is 1. The summed E-state index contributed by atoms with van der Waals surface area (Å²) in [6.45, 7) is 0.335. The van der Waals surface area contributed by atoms with E-state index in [-0.39, 0.29) is 18.2 Å². The summed E-state index contributed by atoms with van der Waals surface area (Å²) in [4.78, 5) is 26.8. The molecule has 8 heteroatoms. The zero-order valence-corrected chi connectivity index (χ0v) is 16.4. The molecule has 0 aromatic heterocycles. The van der Waals surface area contributed by atoms with E-state index in [4.69, 9.17) is 0 Å². The highest BCUT2D eigenvalue weighted by Gasteiger charge is 2.49. The Morgan fingerprint density at radius 3 is 2.47 bits per heavy atom. The van der Waals surface area contributed by atoms with E-state index in [1.54, 1.807) is 6.92 Å². The van der Waals surface area contributed by atoms with E-state index >= 15 is 0 Å². The van der Waals surface area contributed by atoms with Crippen LogP contribution in [0.3, 0.4) is 0 Å². The van der Waals surface area contributed by atoms with Crippen molar-refractivity contribution in [2.75, 3.05) is 6.61 Å². The Kier molecular flexibility index (Phi) is 4.95. The molecule has 30 heavy (non-hydrogen) atoms. The van der Waals surface area contributed by atoms with E-state index in [9.17, 15) is 22.8 Å². The van der Waals surface area contributed by atoms with Gasteiger partial charge in [0.25, 0.3) is 5.91 Å². The summed E-state index contributed by atoms with van der Waals surface area (Å²) < 4.78 is 41.4. The Balaban J connectivity index is 1.48. The van der Waals surface area contributed by atoms with Gasteiger partial charge in [0, 0.05) is 0 Å². The lowest BCUT2D eigenvalue weighted by Gasteiger charge is -2.23. The molecule has 0 saturated carbocycles. The van der Waals surface area contributed by atoms with Crippen molar-refractivity contribution in [2.45, 2.75) is 44.4 Å². The van der Waals surface area contributed by atoms with Crippen LogP contribution < -0.4 is 10.1 Å². The lowest BCUT2D eigenvalue weighted by atomic mass is 9.89. The number of ether oxygens (including phenoxy) is 1. The standard InChI is InChI=1S/C22H21F3N2O3/c1-21(17-8-7-15-3-2-4-16(15)11-17)19(28)27(20(29)26-21)12-14-5-9-18(10-6-14)30-13-22(23,24)25/h5-11H,2-4,12-13H2,1H3,(H,26,29). The molecule has 2 aromatic carbocycles. The van der Waals surface area contributed by atoms with Crippen LogP contribution in [0.5, 0.6) is 5.75 Å². The van der Waals surface area contributed by atoms with Gasteiger partial charge in [-0.25, -0.2) is 4.79 Å². The van der Waals surface area contributed by atoms with Crippen LogP contribution in [-0.4, -0.2) is 29.6 Å². The summed E-state index contributed by atoms with van der Waals surface area (Å²) in [5.74, 6) is -0.293. The number of nitrogens with zero attached hydrogens (tertiary/aromatic N) is 1. The molecule has 1 saturated heterocycles. The third-order valence-corrected chi connectivity index (χ3v) is 5.62. The van der Waals surface area contributed by atoms with Crippen molar-refractivity contribution in [1.82, 2.24) is 10.2 Å². The molecule has 1 aliphatic carbocycles. The second-order valence-electron chi connectivity index (χ2n) is 7.83. The van der Waals surface area contributed by atoms with Crippen molar-refractivity contribution < 1.29 is 27.5 Å². The lowest BCUT2D eigenvalue weighted by Crippen LogP contribution is -2.40. The smallest absolute Gasteiger partial charge is 0.422 e. The Labute approximate surface area is 171 Å². The molecular formula is C22H21F3N2O3. The average molecular weight is 418 g/mol. The van der Waals surface area contributed by atoms with E-state index in [1.165, 1.54) is 35.4 Å². The zero-order chi connectivity index (χ0) is 21.5. The van der Waals surface area contributed by atoms with Crippen LogP contribution >= 0.6 is 0 Å². The quantitative estimate of drug-likeness (QED) is 0.745. The lowest BCUT2D eigenvalue weighted by molar-refractivity contribution is -0.153. The zero-order valence-electron chi connectivity index (χ0n) is 16.4. The first-order chi connectivity index (χ1) is 14.2. The van der Waals surface area contributed by atoms with Crippen LogP contribution in [0.1, 0.15) is 35.6 Å². The Hall–Kier alpha value is -3.03. The largest absolute Gasteiger partial charge is 0.484 e. The highest BCUT2D eigenvalue weighted by atomic mass is 19.4. The molecule has 2 aliphatic rings. The molecule has 3 amide bonds. The predicted molar refractivity (Wildman–Crippen MR) is 103 cm³/mol. The molecule has 2 aromatic rings. The molecule has 4 rings (SSSR count). The number of benzene rings is 2. The van der Waals surface area contributed by atoms with Gasteiger partial charge in [-0.15, -0.1) is 0 Å². The van der Waals surface area contributed by atoms with Gasteiger partial charge in [0.1, 0.15) is 11.3 Å². The van der Waals surface area contributed by atoms with Gasteiger partial charge in [-0.3, -0.25) is 9.69 Å². The second-order valence-corrected chi connectivity index (χ2v) is 7.83. The predicted octanol–water partition coefficient (Wildman–Crippen LogP) is 4.08. The van der Waals surface area contributed by atoms with Gasteiger partial charge in [-0.2, -0.15) is 13.2 Å². The molecule has 0 spiro atoms. The van der Waals surface area contributed by atoms with Gasteiger partial charge in [-0.05, 0) is 60.6 Å². The van der Waals surface area contributed by atoms with Crippen LogP contribution in [0, 0.1) is 0 Å². The van der Waals surface area contributed by atoms with Gasteiger partial charge in [0.2, 0.25) is 0 Å². The number of hydrogen-bond donors (Lipinski definition) is 1. The van der Waals surface area contributed by atoms with E-state index in [0.717, 1.165) is 29.7 Å². The SMILES string of the molecule is CC1(c2ccc3c(c2)CCC3)NC(=O)N(Cc2ccc(OCC(F)(F)F)cc2)C1=O. The summed E-state index contributed by atoms with van der Waals surface area (Å²) >= 11 is 0. The van der Waals surface area contributed by atoms with Crippen molar-refractivity contribution in [2.24, 2.45) is 0 Å². The topological polar surface area (TPSA) is 58.6 Å². The fourth-order valence-electron chi connectivity index (χ4n) is 3.96. The van der Waals surface area contributed by atoms with E-state index in [1.807, 2.05) is 18.2 Å². The summed E-state index contributed by atoms with van der Waals surface area (Å²) in [7, 11) is 0. The normalized spacial score (nSPS) is 21.0. The molecule has 0 radical (unpaired) electrons. The Morgan fingerprint density at radius 2 is 1.77 bits per heavy atom. The first kappa shape index (κ1) is 20.3. The number of imide groups is 1. The van der Waals surface area contributed by atoms with Crippen LogP contribution in [0.2, 0.25) is 0 Å². The number of carbonyl (C=O) groups excluding carboxylic acids is 2. The van der Waals surface area contributed by atoms with Crippen molar-refractivity contribution in [3.63, 3.8) is 0 Å². The molecule has 1 unspecified atom stereocenters. The molecule has 5 nitrogen and oxygen atoms in total. The van der Waals surface area contributed by atoms with E-state index in [2.05, 4.69) is 10.1 Å². The van der Waals surface area contributed by atoms with Gasteiger partial charge in [0.15, 0.2) is 6.61 Å². The Morgan fingerprint density at radius 1 is 1.07 bits per heavy atom. The number of amides is 3. The van der Waals surface area contributed by atoms with Crippen LogP contribution in [0.25, 0.3) is 0 Å². The summed E-state index contributed by atoms with van der Waals surface area (Å²) in [6.07, 6.45) is -1.33. The van der Waals surface area contributed by atoms with Crippen LogP contribution in [0.4, 0.5) is 18.0 Å². The number of carbonyl (C=O) groups is 2. The van der Waals surface area contributed by atoms with Gasteiger partial charge in [-0.1, -0.05) is 30.3 Å². The Bertz CT molecular complexity index is 988. The number of rotatable bonds is 5. The monoisotopic (exact) mass is 418 g/mol. The molecule has 0 bridgehead atoms. The summed E-state index contributed by atoms with van der Waals surface area (Å²) in [5.41, 5.74) is 2.70. The van der Waals surface area contributed by atoms with Gasteiger partial charge < -0.3 is 10.1 Å². The average Bonchev–Trinajstić information content (AvgIpc) is 3.25. The van der Waals surface area contributed by atoms with Gasteiger partial charge >= 0.3 is 12.2 Å². The molecular weight excluding hydrogens is 397 g/mol. The maximum Gasteiger partial charge on any atom is 0.422 e. The number of hydrogen-bond acceptors (Lipinski definition) is 3. The van der Waals surface area contributed by atoms with Crippen molar-refractivity contribution in [3.05, 3.63) is 64.7 Å². The van der Waals surface area contributed by atoms with Crippen LogP contribution in [-0.2, 0) is 29.7 Å². The van der Waals surface area contributed by atoms with Crippen LogP contribution in [0.15, 0.2) is 42.5 Å². The summed E-state index contributed by atoms with van der Waals surface area (Å²) in [5, 5.41) is 2.79. The maximum absolute atomic E-state index is 13.1. The van der Waals surface area contributed by atoms with Crippen molar-refractivity contribution in [1.29, 1.82) is 0 Å². The van der Waals surface area contributed by atoms with Crippen molar-refractivity contribution >= 4 is 11.9 Å². The number of halogens is 3. The number of alkyl halides is 3. The minimum atomic E-state index is -4.42. The molecule has 1 atom stereocenters. The number of aryl methyl sites for hydroxylation is 2. The van der Waals surface area contributed by atoms with E-state index in [0.29, 0.717) is 5.56 Å². The fraction of sp³-hybridized carbons (Fsp3) is 0.364.